The first-order valence-electron chi connectivity index (χ1n) is 7.61. The molecule has 1 aliphatic rings. The quantitative estimate of drug-likeness (QED) is 0.827. The summed E-state index contributed by atoms with van der Waals surface area (Å²) in [6.07, 6.45) is 0.0678. The number of aromatic nitrogens is 2. The molecule has 1 aromatic heterocycles. The molecule has 2 heterocycles. The second kappa shape index (κ2) is 7.09. The molecule has 0 bridgehead atoms. The van der Waals surface area contributed by atoms with Crippen LogP contribution in [-0.2, 0) is 19.6 Å². The fourth-order valence-electron chi connectivity index (χ4n) is 2.72. The van der Waals surface area contributed by atoms with Gasteiger partial charge in [-0.05, 0) is 19.1 Å². The van der Waals surface area contributed by atoms with Crippen LogP contribution >= 0.6 is 11.7 Å². The number of carbonyl (C=O) groups excluding carboxylic acids is 1. The van der Waals surface area contributed by atoms with E-state index in [1.54, 1.807) is 12.1 Å². The molecule has 0 spiro atoms. The molecule has 0 radical (unpaired) electrons. The van der Waals surface area contributed by atoms with Gasteiger partial charge < -0.3 is 10.1 Å². The van der Waals surface area contributed by atoms with E-state index in [1.165, 1.54) is 10.4 Å². The minimum atomic E-state index is -3.79. The number of hydrogen-bond acceptors (Lipinski definition) is 7. The van der Waals surface area contributed by atoms with Gasteiger partial charge in [-0.1, -0.05) is 6.07 Å². The summed E-state index contributed by atoms with van der Waals surface area (Å²) in [5.41, 5.74) is 0.917. The van der Waals surface area contributed by atoms with Gasteiger partial charge in [0.2, 0.25) is 15.9 Å². The molecule has 1 saturated heterocycles. The third-order valence-electron chi connectivity index (χ3n) is 3.80. The molecular formula is C14H18N4O4S2. The van der Waals surface area contributed by atoms with Crippen LogP contribution in [0.4, 0.5) is 0 Å². The second-order valence-corrected chi connectivity index (χ2v) is 7.78. The number of ether oxygens (including phenoxy) is 1. The van der Waals surface area contributed by atoms with Crippen LogP contribution in [0.3, 0.4) is 0 Å². The van der Waals surface area contributed by atoms with Crippen LogP contribution in [-0.4, -0.2) is 59.7 Å². The molecule has 1 unspecified atom stereocenters. The number of amides is 1. The lowest BCUT2D eigenvalue weighted by Crippen LogP contribution is -2.50. The highest BCUT2D eigenvalue weighted by molar-refractivity contribution is 7.89. The van der Waals surface area contributed by atoms with Crippen molar-refractivity contribution in [2.45, 2.75) is 24.3 Å². The van der Waals surface area contributed by atoms with Gasteiger partial charge in [-0.3, -0.25) is 4.79 Å². The molecule has 1 amide bonds. The summed E-state index contributed by atoms with van der Waals surface area (Å²) in [5.74, 6) is -0.193. The SMILES string of the molecule is CCNC(=O)CC1COCCN1S(=O)(=O)c1cccc2nsnc12. The normalized spacial score (nSPS) is 19.5. The van der Waals surface area contributed by atoms with Crippen molar-refractivity contribution in [3.8, 4) is 0 Å². The molecule has 1 atom stereocenters. The molecule has 1 aromatic carbocycles. The molecule has 1 aliphatic heterocycles. The van der Waals surface area contributed by atoms with Gasteiger partial charge in [-0.25, -0.2) is 8.42 Å². The van der Waals surface area contributed by atoms with Crippen LogP contribution < -0.4 is 5.32 Å². The Morgan fingerprint density at radius 3 is 3.08 bits per heavy atom. The molecule has 8 nitrogen and oxygen atoms in total. The van der Waals surface area contributed by atoms with Gasteiger partial charge >= 0.3 is 0 Å². The Morgan fingerprint density at radius 1 is 1.46 bits per heavy atom. The van der Waals surface area contributed by atoms with Gasteiger partial charge in [0.1, 0.15) is 15.9 Å². The molecule has 1 N–H and O–H groups in total. The maximum absolute atomic E-state index is 13.1. The first-order valence-corrected chi connectivity index (χ1v) is 9.78. The highest BCUT2D eigenvalue weighted by atomic mass is 32.2. The summed E-state index contributed by atoms with van der Waals surface area (Å²) in [4.78, 5) is 12.0. The van der Waals surface area contributed by atoms with Gasteiger partial charge in [0.25, 0.3) is 0 Å². The topological polar surface area (TPSA) is 101 Å². The first kappa shape index (κ1) is 17.2. The average molecular weight is 370 g/mol. The van der Waals surface area contributed by atoms with E-state index in [4.69, 9.17) is 4.74 Å². The lowest BCUT2D eigenvalue weighted by molar-refractivity contribution is -0.122. The van der Waals surface area contributed by atoms with Crippen LogP contribution in [0.25, 0.3) is 11.0 Å². The molecule has 0 saturated carbocycles. The van der Waals surface area contributed by atoms with E-state index in [-0.39, 0.29) is 30.4 Å². The number of carbonyl (C=O) groups is 1. The third-order valence-corrected chi connectivity index (χ3v) is 6.33. The van der Waals surface area contributed by atoms with Crippen molar-refractivity contribution >= 4 is 38.7 Å². The molecule has 1 fully saturated rings. The molecule has 2 aromatic rings. The number of benzene rings is 1. The van der Waals surface area contributed by atoms with Gasteiger partial charge in [0.15, 0.2) is 0 Å². The zero-order chi connectivity index (χ0) is 17.2. The van der Waals surface area contributed by atoms with Crippen molar-refractivity contribution in [2.24, 2.45) is 0 Å². The minimum absolute atomic E-state index is 0.0678. The van der Waals surface area contributed by atoms with Crippen molar-refractivity contribution < 1.29 is 17.9 Å². The third kappa shape index (κ3) is 3.27. The number of fused-ring (bicyclic) bond motifs is 1. The van der Waals surface area contributed by atoms with Gasteiger partial charge in [-0.2, -0.15) is 13.1 Å². The lowest BCUT2D eigenvalue weighted by atomic mass is 10.2. The summed E-state index contributed by atoms with van der Waals surface area (Å²) < 4.78 is 41.2. The minimum Gasteiger partial charge on any atom is -0.378 e. The molecule has 0 aliphatic carbocycles. The summed E-state index contributed by atoms with van der Waals surface area (Å²) in [5, 5.41) is 2.69. The van der Waals surface area contributed by atoms with E-state index in [9.17, 15) is 13.2 Å². The van der Waals surface area contributed by atoms with E-state index >= 15 is 0 Å². The van der Waals surface area contributed by atoms with Crippen molar-refractivity contribution in [1.82, 2.24) is 18.4 Å². The van der Waals surface area contributed by atoms with E-state index in [2.05, 4.69) is 14.1 Å². The first-order chi connectivity index (χ1) is 11.5. The van der Waals surface area contributed by atoms with Crippen molar-refractivity contribution in [3.63, 3.8) is 0 Å². The lowest BCUT2D eigenvalue weighted by Gasteiger charge is -2.34. The fourth-order valence-corrected chi connectivity index (χ4v) is 5.06. The number of morpholine rings is 1. The highest BCUT2D eigenvalue weighted by Crippen LogP contribution is 2.27. The molecular weight excluding hydrogens is 352 g/mol. The van der Waals surface area contributed by atoms with E-state index in [1.807, 2.05) is 6.92 Å². The Kier molecular flexibility index (Phi) is 5.09. The number of rotatable bonds is 5. The number of nitrogens with one attached hydrogen (secondary N) is 1. The summed E-state index contributed by atoms with van der Waals surface area (Å²) in [6, 6.07) is 4.37. The Bertz CT molecular complexity index is 836. The summed E-state index contributed by atoms with van der Waals surface area (Å²) in [6.45, 7) is 3.03. The summed E-state index contributed by atoms with van der Waals surface area (Å²) >= 11 is 0.976. The van der Waals surface area contributed by atoms with E-state index in [0.717, 1.165) is 11.7 Å². The molecule has 24 heavy (non-hydrogen) atoms. The second-order valence-electron chi connectivity index (χ2n) is 5.39. The predicted octanol–water partition coefficient (Wildman–Crippen LogP) is 0.607. The van der Waals surface area contributed by atoms with Crippen molar-refractivity contribution in [3.05, 3.63) is 18.2 Å². The predicted molar refractivity (Wildman–Crippen MR) is 89.2 cm³/mol. The largest absolute Gasteiger partial charge is 0.378 e. The standard InChI is InChI=1S/C14H18N4O4S2/c1-2-15-13(19)8-10-9-22-7-6-18(10)24(20,21)12-5-3-4-11-14(12)17-23-16-11/h3-5,10H,2,6-9H2,1H3,(H,15,19). The number of nitrogens with zero attached hydrogens (tertiary/aromatic N) is 3. The maximum atomic E-state index is 13.1. The molecule has 3 rings (SSSR count). The van der Waals surface area contributed by atoms with Crippen LogP contribution in [0.5, 0.6) is 0 Å². The number of hydrogen-bond donors (Lipinski definition) is 1. The maximum Gasteiger partial charge on any atom is 0.245 e. The van der Waals surface area contributed by atoms with Crippen molar-refractivity contribution in [2.75, 3.05) is 26.3 Å². The van der Waals surface area contributed by atoms with Crippen LogP contribution in [0.15, 0.2) is 23.1 Å². The Hall–Kier alpha value is -1.62. The monoisotopic (exact) mass is 370 g/mol. The van der Waals surface area contributed by atoms with Gasteiger partial charge in [-0.15, -0.1) is 0 Å². The van der Waals surface area contributed by atoms with Crippen LogP contribution in [0.1, 0.15) is 13.3 Å². The molecule has 10 heteroatoms. The Balaban J connectivity index is 1.94. The van der Waals surface area contributed by atoms with E-state index < -0.39 is 16.1 Å². The van der Waals surface area contributed by atoms with E-state index in [0.29, 0.717) is 24.2 Å². The Labute approximate surface area is 144 Å². The average Bonchev–Trinajstić information content (AvgIpc) is 3.03. The van der Waals surface area contributed by atoms with Gasteiger partial charge in [0, 0.05) is 19.5 Å². The zero-order valence-corrected chi connectivity index (χ0v) is 14.8. The highest BCUT2D eigenvalue weighted by Gasteiger charge is 2.36. The summed E-state index contributed by atoms with van der Waals surface area (Å²) in [7, 11) is -3.79. The van der Waals surface area contributed by atoms with Crippen molar-refractivity contribution in [1.29, 1.82) is 0 Å². The number of sulfonamides is 1. The zero-order valence-electron chi connectivity index (χ0n) is 13.1. The Morgan fingerprint density at radius 2 is 2.29 bits per heavy atom. The smallest absolute Gasteiger partial charge is 0.245 e. The van der Waals surface area contributed by atoms with Crippen LogP contribution in [0, 0.1) is 0 Å². The van der Waals surface area contributed by atoms with Crippen LogP contribution in [0.2, 0.25) is 0 Å². The molecule has 130 valence electrons. The fraction of sp³-hybridized carbons (Fsp3) is 0.500. The van der Waals surface area contributed by atoms with Gasteiger partial charge in [0.05, 0.1) is 31.0 Å².